The number of amides is 1. The van der Waals surface area contributed by atoms with Gasteiger partial charge in [0.1, 0.15) is 28.8 Å². The van der Waals surface area contributed by atoms with Gasteiger partial charge < -0.3 is 10.1 Å². The molecule has 0 bridgehead atoms. The van der Waals surface area contributed by atoms with Gasteiger partial charge in [-0.1, -0.05) is 23.2 Å². The van der Waals surface area contributed by atoms with Gasteiger partial charge in [-0.2, -0.15) is 0 Å². The third kappa shape index (κ3) is 5.63. The largest absolute Gasteiger partial charge is 0.459 e. The minimum atomic E-state index is -0.779. The normalized spacial score (nSPS) is 11.8. The van der Waals surface area contributed by atoms with Crippen LogP contribution in [-0.2, 0) is 20.9 Å². The lowest BCUT2D eigenvalue weighted by atomic mass is 10.3. The molecule has 1 aromatic rings. The summed E-state index contributed by atoms with van der Waals surface area (Å²) in [5.74, 6) is -1.24. The van der Waals surface area contributed by atoms with E-state index in [0.29, 0.717) is 5.56 Å². The van der Waals surface area contributed by atoms with Gasteiger partial charge in [-0.3, -0.25) is 4.79 Å². The Hall–Kier alpha value is -1.04. The molecule has 0 spiro atoms. The van der Waals surface area contributed by atoms with E-state index in [4.69, 9.17) is 39.5 Å². The monoisotopic (exact) mass is 324 g/mol. The van der Waals surface area contributed by atoms with Crippen molar-refractivity contribution in [1.82, 2.24) is 10.3 Å². The number of carbonyl (C=O) groups excluding carboxylic acids is 2. The molecule has 1 heterocycles. The molecule has 0 unspecified atom stereocenters. The summed E-state index contributed by atoms with van der Waals surface area (Å²) in [6, 6.07) is 2.28. The molecule has 1 N–H and O–H groups in total. The summed E-state index contributed by atoms with van der Waals surface area (Å²) in [5.41, 5.74) is 0.606. The van der Waals surface area contributed by atoms with Gasteiger partial charge in [-0.25, -0.2) is 9.78 Å². The van der Waals surface area contributed by atoms with Gasteiger partial charge in [0.2, 0.25) is 5.91 Å². The molecule has 1 amide bonds. The van der Waals surface area contributed by atoms with Crippen LogP contribution in [0.2, 0.25) is 10.3 Å². The number of alkyl halides is 1. The van der Waals surface area contributed by atoms with Gasteiger partial charge in [0.05, 0.1) is 0 Å². The van der Waals surface area contributed by atoms with Crippen molar-refractivity contribution in [1.29, 1.82) is 0 Å². The SMILES string of the molecule is C[C@@H](NC(=O)CCl)C(=O)OCc1cc(Cl)nc(Cl)c1. The van der Waals surface area contributed by atoms with Crippen molar-refractivity contribution in [2.24, 2.45) is 0 Å². The molecule has 0 saturated carbocycles. The Morgan fingerprint density at radius 3 is 2.47 bits per heavy atom. The summed E-state index contributed by atoms with van der Waals surface area (Å²) in [6.45, 7) is 1.49. The molecule has 1 aromatic heterocycles. The number of aromatic nitrogens is 1. The highest BCUT2D eigenvalue weighted by atomic mass is 35.5. The van der Waals surface area contributed by atoms with Gasteiger partial charge in [0.15, 0.2) is 0 Å². The second-order valence-corrected chi connectivity index (χ2v) is 4.69. The highest BCUT2D eigenvalue weighted by Crippen LogP contribution is 2.15. The molecule has 0 aliphatic carbocycles. The van der Waals surface area contributed by atoms with Gasteiger partial charge in [-0.05, 0) is 24.6 Å². The first-order valence-corrected chi connectivity index (χ1v) is 6.55. The lowest BCUT2D eigenvalue weighted by molar-refractivity contribution is -0.148. The second-order valence-electron chi connectivity index (χ2n) is 3.65. The van der Waals surface area contributed by atoms with Crippen LogP contribution in [0.5, 0.6) is 0 Å². The minimum Gasteiger partial charge on any atom is -0.459 e. The number of hydrogen-bond donors (Lipinski definition) is 1. The molecule has 0 fully saturated rings. The third-order valence-electron chi connectivity index (χ3n) is 2.06. The van der Waals surface area contributed by atoms with Crippen molar-refractivity contribution in [2.75, 3.05) is 5.88 Å². The molecule has 5 nitrogen and oxygen atoms in total. The summed E-state index contributed by atoms with van der Waals surface area (Å²) in [5, 5.41) is 2.80. The molecule has 0 aliphatic heterocycles. The number of carbonyl (C=O) groups is 2. The molecule has 0 radical (unpaired) electrons. The number of nitrogens with zero attached hydrogens (tertiary/aromatic N) is 1. The number of esters is 1. The molecular formula is C11H11Cl3N2O3. The van der Waals surface area contributed by atoms with E-state index in [2.05, 4.69) is 10.3 Å². The van der Waals surface area contributed by atoms with Crippen LogP contribution in [0, 0.1) is 0 Å². The number of halogens is 3. The molecule has 0 aromatic carbocycles. The summed E-state index contributed by atoms with van der Waals surface area (Å²) in [7, 11) is 0. The number of nitrogens with one attached hydrogen (secondary N) is 1. The fraction of sp³-hybridized carbons (Fsp3) is 0.364. The first-order chi connectivity index (χ1) is 8.92. The van der Waals surface area contributed by atoms with Gasteiger partial charge >= 0.3 is 5.97 Å². The van der Waals surface area contributed by atoms with Crippen molar-refractivity contribution in [3.05, 3.63) is 28.0 Å². The number of ether oxygens (including phenoxy) is 1. The molecule has 1 rings (SSSR count). The van der Waals surface area contributed by atoms with E-state index in [1.807, 2.05) is 0 Å². The van der Waals surface area contributed by atoms with Crippen molar-refractivity contribution in [3.63, 3.8) is 0 Å². The maximum Gasteiger partial charge on any atom is 0.328 e. The summed E-state index contributed by atoms with van der Waals surface area (Å²) < 4.78 is 5.00. The molecule has 8 heteroatoms. The fourth-order valence-corrected chi connectivity index (χ4v) is 1.80. The summed E-state index contributed by atoms with van der Waals surface area (Å²) >= 11 is 16.7. The predicted octanol–water partition coefficient (Wildman–Crippen LogP) is 2.18. The average molecular weight is 326 g/mol. The molecule has 104 valence electrons. The smallest absolute Gasteiger partial charge is 0.328 e. The van der Waals surface area contributed by atoms with Crippen LogP contribution in [0.4, 0.5) is 0 Å². The Morgan fingerprint density at radius 2 is 1.95 bits per heavy atom. The minimum absolute atomic E-state index is 0.0120. The van der Waals surface area contributed by atoms with Crippen LogP contribution >= 0.6 is 34.8 Å². The Bertz CT molecular complexity index is 462. The first-order valence-electron chi connectivity index (χ1n) is 5.26. The Morgan fingerprint density at radius 1 is 1.37 bits per heavy atom. The zero-order chi connectivity index (χ0) is 14.4. The van der Waals surface area contributed by atoms with Crippen LogP contribution in [0.1, 0.15) is 12.5 Å². The Kier molecular flexibility index (Phi) is 6.34. The zero-order valence-corrected chi connectivity index (χ0v) is 12.2. The maximum atomic E-state index is 11.6. The third-order valence-corrected chi connectivity index (χ3v) is 2.69. The Balaban J connectivity index is 2.51. The van der Waals surface area contributed by atoms with Crippen molar-refractivity contribution >= 4 is 46.7 Å². The highest BCUT2D eigenvalue weighted by Gasteiger charge is 2.16. The van der Waals surface area contributed by atoms with E-state index < -0.39 is 17.9 Å². The summed E-state index contributed by atoms with van der Waals surface area (Å²) in [4.78, 5) is 26.3. The predicted molar refractivity (Wildman–Crippen MR) is 72.4 cm³/mol. The highest BCUT2D eigenvalue weighted by molar-refractivity contribution is 6.32. The van der Waals surface area contributed by atoms with Crippen molar-refractivity contribution in [2.45, 2.75) is 19.6 Å². The number of pyridine rings is 1. The van der Waals surface area contributed by atoms with Crippen molar-refractivity contribution in [3.8, 4) is 0 Å². The lowest BCUT2D eigenvalue weighted by Gasteiger charge is -2.12. The van der Waals surface area contributed by atoms with Crippen LogP contribution in [0.3, 0.4) is 0 Å². The molecule has 1 atom stereocenters. The van der Waals surface area contributed by atoms with Gasteiger partial charge in [0, 0.05) is 0 Å². The molecule has 0 aliphatic rings. The van der Waals surface area contributed by atoms with Crippen LogP contribution < -0.4 is 5.32 Å². The number of rotatable bonds is 5. The quantitative estimate of drug-likeness (QED) is 0.512. The van der Waals surface area contributed by atoms with E-state index >= 15 is 0 Å². The van der Waals surface area contributed by atoms with Crippen LogP contribution in [0.15, 0.2) is 12.1 Å². The molecule has 19 heavy (non-hydrogen) atoms. The van der Waals surface area contributed by atoms with E-state index in [0.717, 1.165) is 0 Å². The van der Waals surface area contributed by atoms with Gasteiger partial charge in [0.25, 0.3) is 0 Å². The standard InChI is InChI=1S/C11H11Cl3N2O3/c1-6(15-10(17)4-12)11(18)19-5-7-2-8(13)16-9(14)3-7/h2-3,6H,4-5H2,1H3,(H,15,17)/t6-/m1/s1. The molecular weight excluding hydrogens is 314 g/mol. The second kappa shape index (κ2) is 7.53. The topological polar surface area (TPSA) is 68.3 Å². The van der Waals surface area contributed by atoms with E-state index in [1.54, 1.807) is 0 Å². The number of hydrogen-bond acceptors (Lipinski definition) is 4. The average Bonchev–Trinajstić information content (AvgIpc) is 2.34. The van der Waals surface area contributed by atoms with Crippen molar-refractivity contribution < 1.29 is 14.3 Å². The summed E-state index contributed by atoms with van der Waals surface area (Å²) in [6.07, 6.45) is 0. The van der Waals surface area contributed by atoms with E-state index in [-0.39, 0.29) is 22.8 Å². The fourth-order valence-electron chi connectivity index (χ4n) is 1.22. The maximum absolute atomic E-state index is 11.6. The van der Waals surface area contributed by atoms with E-state index in [9.17, 15) is 9.59 Å². The molecule has 0 saturated heterocycles. The van der Waals surface area contributed by atoms with E-state index in [1.165, 1.54) is 19.1 Å². The van der Waals surface area contributed by atoms with Gasteiger partial charge in [-0.15, -0.1) is 11.6 Å². The first kappa shape index (κ1) is 16.0. The zero-order valence-electron chi connectivity index (χ0n) is 9.95. The van der Waals surface area contributed by atoms with Crippen LogP contribution in [0.25, 0.3) is 0 Å². The van der Waals surface area contributed by atoms with Crippen LogP contribution in [-0.4, -0.2) is 28.8 Å². The lowest BCUT2D eigenvalue weighted by Crippen LogP contribution is -2.40. The Labute approximate surface area is 125 Å².